The molecule has 20 heavy (non-hydrogen) atoms. The van der Waals surface area contributed by atoms with E-state index in [1.165, 1.54) is 0 Å². The third-order valence-electron chi connectivity index (χ3n) is 2.59. The zero-order valence-electron chi connectivity index (χ0n) is 10.9. The normalized spacial score (nSPS) is 9.55. The lowest BCUT2D eigenvalue weighted by atomic mass is 10.2. The Morgan fingerprint density at radius 1 is 1.25 bits per heavy atom. The number of carbonyl (C=O) groups is 1. The third-order valence-corrected chi connectivity index (χ3v) is 2.59. The summed E-state index contributed by atoms with van der Waals surface area (Å²) in [5, 5.41) is 2.80. The van der Waals surface area contributed by atoms with Crippen LogP contribution >= 0.6 is 0 Å². The molecule has 0 aliphatic heterocycles. The van der Waals surface area contributed by atoms with Crippen molar-refractivity contribution in [2.24, 2.45) is 0 Å². The molecule has 2 rings (SSSR count). The Bertz CT molecular complexity index is 601. The van der Waals surface area contributed by atoms with Gasteiger partial charge in [-0.15, -0.1) is 6.42 Å². The van der Waals surface area contributed by atoms with E-state index in [1.807, 2.05) is 18.2 Å². The first-order valence-electron chi connectivity index (χ1n) is 6.14. The van der Waals surface area contributed by atoms with Crippen LogP contribution in [0.5, 0.6) is 5.75 Å². The minimum atomic E-state index is -0.154. The molecule has 0 unspecified atom stereocenters. The van der Waals surface area contributed by atoms with Crippen LogP contribution in [0.15, 0.2) is 48.7 Å². The number of benzene rings is 1. The summed E-state index contributed by atoms with van der Waals surface area (Å²) in [5.74, 6) is 2.87. The molecule has 0 bridgehead atoms. The van der Waals surface area contributed by atoms with Gasteiger partial charge in [0.25, 0.3) is 5.91 Å². The molecule has 1 heterocycles. The maximum atomic E-state index is 11.9. The first-order valence-corrected chi connectivity index (χ1v) is 6.14. The Kier molecular flexibility index (Phi) is 4.74. The molecule has 2 aromatic rings. The standard InChI is InChI=1S/C16H14N2O2/c1-2-11-20-15-8-6-13(7-9-15)16(19)18-12-14-5-3-4-10-17-14/h1,3-10H,11-12H2,(H,18,19). The number of nitrogens with one attached hydrogen (secondary N) is 1. The van der Waals surface area contributed by atoms with Gasteiger partial charge in [-0.25, -0.2) is 0 Å². The smallest absolute Gasteiger partial charge is 0.251 e. The van der Waals surface area contributed by atoms with Crippen molar-refractivity contribution in [3.05, 3.63) is 59.9 Å². The Balaban J connectivity index is 1.91. The average Bonchev–Trinajstić information content (AvgIpc) is 2.52. The second-order valence-electron chi connectivity index (χ2n) is 4.02. The molecular formula is C16H14N2O2. The Hall–Kier alpha value is -2.80. The molecule has 0 atom stereocenters. The molecule has 4 nitrogen and oxygen atoms in total. The molecule has 1 aromatic carbocycles. The van der Waals surface area contributed by atoms with E-state index in [2.05, 4.69) is 16.2 Å². The summed E-state index contributed by atoms with van der Waals surface area (Å²) in [7, 11) is 0. The van der Waals surface area contributed by atoms with Crippen LogP contribution < -0.4 is 10.1 Å². The van der Waals surface area contributed by atoms with Gasteiger partial charge >= 0.3 is 0 Å². The minimum Gasteiger partial charge on any atom is -0.481 e. The van der Waals surface area contributed by atoms with Crippen LogP contribution in [0, 0.1) is 12.3 Å². The van der Waals surface area contributed by atoms with Crippen molar-refractivity contribution in [2.45, 2.75) is 6.54 Å². The average molecular weight is 266 g/mol. The van der Waals surface area contributed by atoms with Crippen molar-refractivity contribution in [1.29, 1.82) is 0 Å². The number of nitrogens with zero attached hydrogens (tertiary/aromatic N) is 1. The van der Waals surface area contributed by atoms with Crippen molar-refractivity contribution < 1.29 is 9.53 Å². The van der Waals surface area contributed by atoms with Crippen LogP contribution in [0.3, 0.4) is 0 Å². The van der Waals surface area contributed by atoms with E-state index >= 15 is 0 Å². The Labute approximate surface area is 117 Å². The summed E-state index contributed by atoms with van der Waals surface area (Å²) in [6.45, 7) is 0.611. The minimum absolute atomic E-state index is 0.154. The van der Waals surface area contributed by atoms with Gasteiger partial charge in [0.15, 0.2) is 0 Å². The fourth-order valence-electron chi connectivity index (χ4n) is 1.60. The van der Waals surface area contributed by atoms with Crippen LogP contribution in [0.25, 0.3) is 0 Å². The summed E-state index contributed by atoms with van der Waals surface area (Å²) < 4.78 is 5.24. The summed E-state index contributed by atoms with van der Waals surface area (Å²) in [4.78, 5) is 16.1. The van der Waals surface area contributed by atoms with E-state index in [4.69, 9.17) is 11.2 Å². The van der Waals surface area contributed by atoms with E-state index in [-0.39, 0.29) is 12.5 Å². The van der Waals surface area contributed by atoms with E-state index in [0.29, 0.717) is 17.9 Å². The first-order chi connectivity index (χ1) is 9.79. The topological polar surface area (TPSA) is 51.2 Å². The fourth-order valence-corrected chi connectivity index (χ4v) is 1.60. The molecule has 0 aliphatic carbocycles. The summed E-state index contributed by atoms with van der Waals surface area (Å²) >= 11 is 0. The first kappa shape index (κ1) is 13.6. The van der Waals surface area contributed by atoms with Crippen molar-refractivity contribution in [3.8, 4) is 18.1 Å². The largest absolute Gasteiger partial charge is 0.481 e. The SMILES string of the molecule is C#CCOc1ccc(C(=O)NCc2ccccn2)cc1. The number of rotatable bonds is 5. The molecule has 0 aliphatic rings. The second-order valence-corrected chi connectivity index (χ2v) is 4.02. The highest BCUT2D eigenvalue weighted by Crippen LogP contribution is 2.12. The van der Waals surface area contributed by atoms with E-state index in [1.54, 1.807) is 30.5 Å². The number of pyridine rings is 1. The number of hydrogen-bond acceptors (Lipinski definition) is 3. The van der Waals surface area contributed by atoms with Crippen molar-refractivity contribution in [1.82, 2.24) is 10.3 Å². The number of hydrogen-bond donors (Lipinski definition) is 1. The van der Waals surface area contributed by atoms with Gasteiger partial charge in [-0.2, -0.15) is 0 Å². The Morgan fingerprint density at radius 2 is 2.05 bits per heavy atom. The van der Waals surface area contributed by atoms with Crippen LogP contribution in [0.4, 0.5) is 0 Å². The molecule has 1 amide bonds. The van der Waals surface area contributed by atoms with Gasteiger partial charge in [0.05, 0.1) is 12.2 Å². The van der Waals surface area contributed by atoms with E-state index in [0.717, 1.165) is 5.69 Å². The van der Waals surface area contributed by atoms with Gasteiger partial charge in [-0.05, 0) is 36.4 Å². The number of ether oxygens (including phenoxy) is 1. The third kappa shape index (κ3) is 3.85. The van der Waals surface area contributed by atoms with Gasteiger partial charge < -0.3 is 10.1 Å². The highest BCUT2D eigenvalue weighted by atomic mass is 16.5. The maximum absolute atomic E-state index is 11.9. The molecule has 1 N–H and O–H groups in total. The maximum Gasteiger partial charge on any atom is 0.251 e. The monoisotopic (exact) mass is 266 g/mol. The molecule has 0 saturated carbocycles. The molecule has 100 valence electrons. The summed E-state index contributed by atoms with van der Waals surface area (Å²) in [6, 6.07) is 12.4. The lowest BCUT2D eigenvalue weighted by Gasteiger charge is -2.06. The fraction of sp³-hybridized carbons (Fsp3) is 0.125. The van der Waals surface area contributed by atoms with Crippen LogP contribution in [0.1, 0.15) is 16.1 Å². The van der Waals surface area contributed by atoms with Gasteiger partial charge in [0.2, 0.25) is 0 Å². The van der Waals surface area contributed by atoms with E-state index in [9.17, 15) is 4.79 Å². The lowest BCUT2D eigenvalue weighted by molar-refractivity contribution is 0.0950. The van der Waals surface area contributed by atoms with E-state index < -0.39 is 0 Å². The molecule has 4 heteroatoms. The number of aromatic nitrogens is 1. The molecule has 1 aromatic heterocycles. The van der Waals surface area contributed by atoms with Gasteiger partial charge in [-0.1, -0.05) is 12.0 Å². The van der Waals surface area contributed by atoms with Gasteiger partial charge in [-0.3, -0.25) is 9.78 Å². The Morgan fingerprint density at radius 3 is 2.70 bits per heavy atom. The summed E-state index contributed by atoms with van der Waals surface area (Å²) in [5.41, 5.74) is 1.38. The number of carbonyl (C=O) groups excluding carboxylic acids is 1. The van der Waals surface area contributed by atoms with Gasteiger partial charge in [0.1, 0.15) is 12.4 Å². The van der Waals surface area contributed by atoms with Crippen molar-refractivity contribution >= 4 is 5.91 Å². The summed E-state index contributed by atoms with van der Waals surface area (Å²) in [6.07, 6.45) is 6.80. The van der Waals surface area contributed by atoms with Crippen molar-refractivity contribution in [2.75, 3.05) is 6.61 Å². The van der Waals surface area contributed by atoms with Gasteiger partial charge in [0, 0.05) is 11.8 Å². The zero-order chi connectivity index (χ0) is 14.2. The number of amides is 1. The zero-order valence-corrected chi connectivity index (χ0v) is 10.9. The predicted molar refractivity (Wildman–Crippen MR) is 76.2 cm³/mol. The highest BCUT2D eigenvalue weighted by Gasteiger charge is 2.05. The molecule has 0 fully saturated rings. The molecule has 0 radical (unpaired) electrons. The van der Waals surface area contributed by atoms with Crippen molar-refractivity contribution in [3.63, 3.8) is 0 Å². The lowest BCUT2D eigenvalue weighted by Crippen LogP contribution is -2.23. The predicted octanol–water partition coefficient (Wildman–Crippen LogP) is 2.02. The van der Waals surface area contributed by atoms with Crippen LogP contribution in [-0.4, -0.2) is 17.5 Å². The highest BCUT2D eigenvalue weighted by molar-refractivity contribution is 5.94. The molecular weight excluding hydrogens is 252 g/mol. The quantitative estimate of drug-likeness (QED) is 0.842. The van der Waals surface area contributed by atoms with Crippen LogP contribution in [-0.2, 0) is 6.54 Å². The molecule has 0 spiro atoms. The second kappa shape index (κ2) is 6.95. The number of terminal acetylenes is 1. The van der Waals surface area contributed by atoms with Crippen LogP contribution in [0.2, 0.25) is 0 Å². The molecule has 0 saturated heterocycles.